The van der Waals surface area contributed by atoms with E-state index in [1.54, 1.807) is 17.1 Å². The van der Waals surface area contributed by atoms with Crippen molar-refractivity contribution in [3.8, 4) is 0 Å². The Morgan fingerprint density at radius 3 is 2.96 bits per heavy atom. The minimum atomic E-state index is -0.101. The molecule has 1 aromatic carbocycles. The van der Waals surface area contributed by atoms with Crippen LogP contribution >= 0.6 is 11.6 Å². The van der Waals surface area contributed by atoms with Crippen molar-refractivity contribution in [1.29, 1.82) is 0 Å². The molecule has 2 aromatic heterocycles. The lowest BCUT2D eigenvalue weighted by Gasteiger charge is -2.23. The molecule has 132 valence electrons. The van der Waals surface area contributed by atoms with Crippen molar-refractivity contribution in [2.75, 3.05) is 6.54 Å². The van der Waals surface area contributed by atoms with Gasteiger partial charge in [0.2, 0.25) is 0 Å². The Balaban J connectivity index is 1.51. The molecule has 1 fully saturated rings. The van der Waals surface area contributed by atoms with E-state index in [1.807, 2.05) is 47.4 Å². The highest BCUT2D eigenvalue weighted by atomic mass is 35.5. The SMILES string of the molecule is O=C(c1cn(Cc2cccc(Cl)c2)nn1)N1CCC[C@H]1c1ccccn1. The van der Waals surface area contributed by atoms with Crippen LogP contribution in [0.5, 0.6) is 0 Å². The van der Waals surface area contributed by atoms with Gasteiger partial charge in [-0.05, 0) is 42.7 Å². The van der Waals surface area contributed by atoms with Crippen LogP contribution in [0.4, 0.5) is 0 Å². The number of aromatic nitrogens is 4. The highest BCUT2D eigenvalue weighted by molar-refractivity contribution is 6.30. The number of amides is 1. The molecular weight excluding hydrogens is 350 g/mol. The van der Waals surface area contributed by atoms with Gasteiger partial charge < -0.3 is 4.90 Å². The van der Waals surface area contributed by atoms with Crippen LogP contribution in [0.1, 0.15) is 40.6 Å². The number of hydrogen-bond donors (Lipinski definition) is 0. The van der Waals surface area contributed by atoms with E-state index in [1.165, 1.54) is 0 Å². The van der Waals surface area contributed by atoms with Crippen molar-refractivity contribution in [3.05, 3.63) is 76.8 Å². The van der Waals surface area contributed by atoms with Gasteiger partial charge in [0.05, 0.1) is 24.5 Å². The average Bonchev–Trinajstić information content (AvgIpc) is 3.31. The number of likely N-dealkylation sites (tertiary alicyclic amines) is 1. The molecule has 7 heteroatoms. The Labute approximate surface area is 156 Å². The van der Waals surface area contributed by atoms with Gasteiger partial charge >= 0.3 is 0 Å². The van der Waals surface area contributed by atoms with Crippen molar-refractivity contribution in [2.24, 2.45) is 0 Å². The van der Waals surface area contributed by atoms with E-state index in [4.69, 9.17) is 11.6 Å². The van der Waals surface area contributed by atoms with Crippen LogP contribution in [-0.2, 0) is 6.54 Å². The normalized spacial score (nSPS) is 16.8. The zero-order valence-electron chi connectivity index (χ0n) is 14.1. The van der Waals surface area contributed by atoms with Gasteiger partial charge in [0, 0.05) is 17.8 Å². The predicted octanol–water partition coefficient (Wildman–Crippen LogP) is 3.35. The number of rotatable bonds is 4. The molecule has 0 radical (unpaired) electrons. The predicted molar refractivity (Wildman–Crippen MR) is 97.8 cm³/mol. The van der Waals surface area contributed by atoms with E-state index in [0.717, 1.165) is 24.1 Å². The van der Waals surface area contributed by atoms with E-state index in [0.29, 0.717) is 23.8 Å². The Morgan fingerprint density at radius 2 is 2.15 bits per heavy atom. The molecule has 1 aliphatic heterocycles. The third-order valence-electron chi connectivity index (χ3n) is 4.53. The molecule has 0 spiro atoms. The number of nitrogens with zero attached hydrogens (tertiary/aromatic N) is 5. The van der Waals surface area contributed by atoms with Crippen LogP contribution in [0.15, 0.2) is 54.9 Å². The molecule has 3 aromatic rings. The first-order chi connectivity index (χ1) is 12.7. The molecule has 0 N–H and O–H groups in total. The lowest BCUT2D eigenvalue weighted by molar-refractivity contribution is 0.0727. The van der Waals surface area contributed by atoms with Gasteiger partial charge in [-0.1, -0.05) is 35.0 Å². The Kier molecular flexibility index (Phi) is 4.67. The highest BCUT2D eigenvalue weighted by Crippen LogP contribution is 2.31. The van der Waals surface area contributed by atoms with Crippen molar-refractivity contribution in [3.63, 3.8) is 0 Å². The fourth-order valence-corrected chi connectivity index (χ4v) is 3.55. The molecule has 1 amide bonds. The Bertz CT molecular complexity index is 911. The number of halogens is 1. The van der Waals surface area contributed by atoms with Crippen LogP contribution in [0.3, 0.4) is 0 Å². The van der Waals surface area contributed by atoms with E-state index < -0.39 is 0 Å². The van der Waals surface area contributed by atoms with Crippen molar-refractivity contribution < 1.29 is 4.79 Å². The topological polar surface area (TPSA) is 63.9 Å². The molecule has 0 bridgehead atoms. The molecule has 0 saturated carbocycles. The second-order valence-corrected chi connectivity index (χ2v) is 6.78. The zero-order valence-corrected chi connectivity index (χ0v) is 14.9. The quantitative estimate of drug-likeness (QED) is 0.709. The van der Waals surface area contributed by atoms with Crippen molar-refractivity contribution in [1.82, 2.24) is 24.9 Å². The molecule has 26 heavy (non-hydrogen) atoms. The lowest BCUT2D eigenvalue weighted by atomic mass is 10.1. The van der Waals surface area contributed by atoms with Gasteiger partial charge in [-0.3, -0.25) is 9.78 Å². The van der Waals surface area contributed by atoms with Crippen LogP contribution < -0.4 is 0 Å². The first-order valence-corrected chi connectivity index (χ1v) is 8.95. The summed E-state index contributed by atoms with van der Waals surface area (Å²) >= 11 is 6.02. The average molecular weight is 368 g/mol. The summed E-state index contributed by atoms with van der Waals surface area (Å²) in [5.41, 5.74) is 2.29. The van der Waals surface area contributed by atoms with Gasteiger partial charge in [-0.25, -0.2) is 4.68 Å². The maximum absolute atomic E-state index is 12.9. The summed E-state index contributed by atoms with van der Waals surface area (Å²) in [7, 11) is 0. The highest BCUT2D eigenvalue weighted by Gasteiger charge is 2.32. The molecule has 6 nitrogen and oxygen atoms in total. The van der Waals surface area contributed by atoms with Crippen molar-refractivity contribution in [2.45, 2.75) is 25.4 Å². The molecular formula is C19H18ClN5O. The first-order valence-electron chi connectivity index (χ1n) is 8.57. The van der Waals surface area contributed by atoms with E-state index in [9.17, 15) is 4.79 Å². The summed E-state index contributed by atoms with van der Waals surface area (Å²) in [6.07, 6.45) is 5.33. The monoisotopic (exact) mass is 367 g/mol. The third kappa shape index (κ3) is 3.46. The van der Waals surface area contributed by atoms with Crippen LogP contribution in [0, 0.1) is 0 Å². The number of carbonyl (C=O) groups excluding carboxylic acids is 1. The molecule has 1 aliphatic rings. The van der Waals surface area contributed by atoms with Gasteiger partial charge in [0.1, 0.15) is 0 Å². The summed E-state index contributed by atoms with van der Waals surface area (Å²) in [5, 5.41) is 8.84. The van der Waals surface area contributed by atoms with Crippen LogP contribution in [0.25, 0.3) is 0 Å². The third-order valence-corrected chi connectivity index (χ3v) is 4.77. The van der Waals surface area contributed by atoms with E-state index in [-0.39, 0.29) is 11.9 Å². The summed E-state index contributed by atoms with van der Waals surface area (Å²) < 4.78 is 1.66. The van der Waals surface area contributed by atoms with Crippen molar-refractivity contribution >= 4 is 17.5 Å². The maximum atomic E-state index is 12.9. The van der Waals surface area contributed by atoms with Crippen LogP contribution in [0.2, 0.25) is 5.02 Å². The number of hydrogen-bond acceptors (Lipinski definition) is 4. The lowest BCUT2D eigenvalue weighted by Crippen LogP contribution is -2.31. The second kappa shape index (κ2) is 7.25. The Hall–Kier alpha value is -2.73. The van der Waals surface area contributed by atoms with Crippen LogP contribution in [-0.4, -0.2) is 37.3 Å². The van der Waals surface area contributed by atoms with Gasteiger partial charge in [-0.2, -0.15) is 0 Å². The standard InChI is InChI=1S/C19H18ClN5O/c20-15-6-3-5-14(11-15)12-24-13-17(22-23-24)19(26)25-10-4-8-18(25)16-7-1-2-9-21-16/h1-3,5-7,9,11,13,18H,4,8,10,12H2/t18-/m0/s1. The Morgan fingerprint density at radius 1 is 1.23 bits per heavy atom. The summed E-state index contributed by atoms with van der Waals surface area (Å²) in [6, 6.07) is 13.4. The van der Waals surface area contributed by atoms with Gasteiger partial charge in [-0.15, -0.1) is 5.10 Å². The largest absolute Gasteiger partial charge is 0.329 e. The first kappa shape index (κ1) is 16.7. The zero-order chi connectivity index (χ0) is 17.9. The molecule has 4 rings (SSSR count). The summed E-state index contributed by atoms with van der Waals surface area (Å²) in [5.74, 6) is -0.101. The minimum Gasteiger partial charge on any atom is -0.329 e. The number of carbonyl (C=O) groups is 1. The molecule has 1 saturated heterocycles. The van der Waals surface area contributed by atoms with E-state index >= 15 is 0 Å². The minimum absolute atomic E-state index is 0.00165. The van der Waals surface area contributed by atoms with E-state index in [2.05, 4.69) is 15.3 Å². The smallest absolute Gasteiger partial charge is 0.276 e. The number of benzene rings is 1. The molecule has 0 unspecified atom stereocenters. The summed E-state index contributed by atoms with van der Waals surface area (Å²) in [4.78, 5) is 19.2. The fourth-order valence-electron chi connectivity index (χ4n) is 3.33. The maximum Gasteiger partial charge on any atom is 0.276 e. The second-order valence-electron chi connectivity index (χ2n) is 6.34. The van der Waals surface area contributed by atoms with Gasteiger partial charge in [0.25, 0.3) is 5.91 Å². The van der Waals surface area contributed by atoms with Gasteiger partial charge in [0.15, 0.2) is 5.69 Å². The number of pyridine rings is 1. The summed E-state index contributed by atoms with van der Waals surface area (Å²) in [6.45, 7) is 1.23. The molecule has 0 aliphatic carbocycles. The molecule has 3 heterocycles. The fraction of sp³-hybridized carbons (Fsp3) is 0.263. The molecule has 1 atom stereocenters.